The number of thiazole rings is 1. The van der Waals surface area contributed by atoms with Crippen LogP contribution >= 0.6 is 11.3 Å². The molecule has 84 valence electrons. The van der Waals surface area contributed by atoms with E-state index in [1.54, 1.807) is 6.92 Å². The lowest BCUT2D eigenvalue weighted by atomic mass is 10.5. The summed E-state index contributed by atoms with van der Waals surface area (Å²) in [7, 11) is -3.61. The molecule has 0 radical (unpaired) electrons. The predicted molar refractivity (Wildman–Crippen MR) is 54.9 cm³/mol. The van der Waals surface area contributed by atoms with Crippen LogP contribution in [0.1, 0.15) is 22.4 Å². The minimum absolute atomic E-state index is 0.112. The van der Waals surface area contributed by atoms with Gasteiger partial charge < -0.3 is 4.74 Å². The van der Waals surface area contributed by atoms with Crippen LogP contribution in [0.4, 0.5) is 0 Å². The minimum Gasteiger partial charge on any atom is -0.461 e. The zero-order valence-corrected chi connectivity index (χ0v) is 9.60. The van der Waals surface area contributed by atoms with Crippen molar-refractivity contribution in [2.75, 3.05) is 6.61 Å². The molecular formula is C7H10N2O4S2. The van der Waals surface area contributed by atoms with E-state index in [1.165, 1.54) is 5.38 Å². The first-order valence-corrected chi connectivity index (χ1v) is 6.64. The number of aromatic nitrogens is 1. The Kier molecular flexibility index (Phi) is 3.77. The first kappa shape index (κ1) is 12.1. The molecule has 0 amide bonds. The van der Waals surface area contributed by atoms with Crippen LogP contribution in [0.2, 0.25) is 0 Å². The first-order chi connectivity index (χ1) is 6.92. The van der Waals surface area contributed by atoms with E-state index in [-0.39, 0.29) is 23.1 Å². The van der Waals surface area contributed by atoms with Gasteiger partial charge in [0.1, 0.15) is 10.8 Å². The van der Waals surface area contributed by atoms with Crippen molar-refractivity contribution in [3.8, 4) is 0 Å². The molecule has 1 heterocycles. The Morgan fingerprint density at radius 1 is 1.67 bits per heavy atom. The van der Waals surface area contributed by atoms with Gasteiger partial charge in [-0.15, -0.1) is 11.3 Å². The largest absolute Gasteiger partial charge is 0.461 e. The van der Waals surface area contributed by atoms with Crippen molar-refractivity contribution in [3.05, 3.63) is 16.1 Å². The number of esters is 1. The molecule has 0 fully saturated rings. The lowest BCUT2D eigenvalue weighted by Gasteiger charge is -1.96. The highest BCUT2D eigenvalue weighted by Gasteiger charge is 2.14. The van der Waals surface area contributed by atoms with Crippen LogP contribution in [0.15, 0.2) is 5.38 Å². The molecule has 0 spiro atoms. The van der Waals surface area contributed by atoms with Crippen molar-refractivity contribution in [2.45, 2.75) is 12.7 Å². The highest BCUT2D eigenvalue weighted by atomic mass is 32.2. The fraction of sp³-hybridized carbons (Fsp3) is 0.429. The van der Waals surface area contributed by atoms with Crippen molar-refractivity contribution >= 4 is 27.3 Å². The molecule has 0 saturated carbocycles. The average Bonchev–Trinajstić information content (AvgIpc) is 2.50. The number of ether oxygens (including phenoxy) is 1. The topological polar surface area (TPSA) is 99.4 Å². The number of nitrogens with two attached hydrogens (primary N) is 1. The number of hydrogen-bond donors (Lipinski definition) is 1. The molecule has 6 nitrogen and oxygen atoms in total. The van der Waals surface area contributed by atoms with Crippen LogP contribution in [-0.2, 0) is 20.5 Å². The third-order valence-corrected chi connectivity index (χ3v) is 3.07. The van der Waals surface area contributed by atoms with Crippen LogP contribution in [0, 0.1) is 0 Å². The Labute approximate surface area is 91.1 Å². The lowest BCUT2D eigenvalue weighted by Crippen LogP contribution is -2.14. The van der Waals surface area contributed by atoms with Crippen LogP contribution in [0.25, 0.3) is 0 Å². The highest BCUT2D eigenvalue weighted by molar-refractivity contribution is 7.88. The zero-order chi connectivity index (χ0) is 11.5. The molecule has 0 aliphatic carbocycles. The lowest BCUT2D eigenvalue weighted by molar-refractivity contribution is 0.0520. The summed E-state index contributed by atoms with van der Waals surface area (Å²) in [5.74, 6) is -0.925. The molecular weight excluding hydrogens is 240 g/mol. The van der Waals surface area contributed by atoms with Gasteiger partial charge in [-0.1, -0.05) is 0 Å². The van der Waals surface area contributed by atoms with Crippen molar-refractivity contribution in [3.63, 3.8) is 0 Å². The molecule has 0 atom stereocenters. The summed E-state index contributed by atoms with van der Waals surface area (Å²) in [4.78, 5) is 15.0. The summed E-state index contributed by atoms with van der Waals surface area (Å²) in [6, 6.07) is 0. The maximum Gasteiger partial charge on any atom is 0.357 e. The maximum atomic E-state index is 11.2. The quantitative estimate of drug-likeness (QED) is 0.764. The molecule has 0 aliphatic heterocycles. The molecule has 0 aliphatic rings. The molecule has 0 saturated heterocycles. The van der Waals surface area contributed by atoms with E-state index < -0.39 is 16.0 Å². The van der Waals surface area contributed by atoms with E-state index in [2.05, 4.69) is 4.98 Å². The molecule has 15 heavy (non-hydrogen) atoms. The van der Waals surface area contributed by atoms with Gasteiger partial charge in [-0.05, 0) is 6.92 Å². The minimum atomic E-state index is -3.61. The zero-order valence-electron chi connectivity index (χ0n) is 7.97. The van der Waals surface area contributed by atoms with Crippen molar-refractivity contribution in [2.24, 2.45) is 5.14 Å². The van der Waals surface area contributed by atoms with Crippen LogP contribution < -0.4 is 5.14 Å². The Hall–Kier alpha value is -0.990. The van der Waals surface area contributed by atoms with Gasteiger partial charge in [0.2, 0.25) is 10.0 Å². The fourth-order valence-corrected chi connectivity index (χ4v) is 2.57. The second-order valence-electron chi connectivity index (χ2n) is 2.65. The molecule has 0 aromatic carbocycles. The second-order valence-corrected chi connectivity index (χ2v) is 5.21. The Balaban J connectivity index is 2.77. The SMILES string of the molecule is CCOC(=O)c1csc(CS(N)(=O)=O)n1. The van der Waals surface area contributed by atoms with Gasteiger partial charge in [-0.25, -0.2) is 23.3 Å². The van der Waals surface area contributed by atoms with E-state index in [4.69, 9.17) is 9.88 Å². The predicted octanol–water partition coefficient (Wildman–Crippen LogP) is 0.108. The molecule has 1 aromatic heterocycles. The molecule has 2 N–H and O–H groups in total. The van der Waals surface area contributed by atoms with Gasteiger partial charge in [-0.3, -0.25) is 0 Å². The first-order valence-electron chi connectivity index (χ1n) is 4.04. The standard InChI is InChI=1S/C7H10N2O4S2/c1-2-13-7(10)5-3-14-6(9-5)4-15(8,11)12/h3H,2,4H2,1H3,(H2,8,11,12). The Morgan fingerprint density at radius 2 is 2.33 bits per heavy atom. The van der Waals surface area contributed by atoms with E-state index in [0.29, 0.717) is 0 Å². The number of carbonyl (C=O) groups is 1. The molecule has 1 aromatic rings. The fourth-order valence-electron chi connectivity index (χ4n) is 0.848. The van der Waals surface area contributed by atoms with Gasteiger partial charge in [0.25, 0.3) is 0 Å². The summed E-state index contributed by atoms with van der Waals surface area (Å²) in [5.41, 5.74) is 0.112. The molecule has 1 rings (SSSR count). The summed E-state index contributed by atoms with van der Waals surface area (Å²) < 4.78 is 26.2. The van der Waals surface area contributed by atoms with Crippen molar-refractivity contribution < 1.29 is 17.9 Å². The van der Waals surface area contributed by atoms with Gasteiger partial charge in [0, 0.05) is 5.38 Å². The summed E-state index contributed by atoms with van der Waals surface area (Å²) in [6.45, 7) is 1.93. The normalized spacial score (nSPS) is 11.3. The van der Waals surface area contributed by atoms with Gasteiger partial charge in [-0.2, -0.15) is 0 Å². The number of nitrogens with zero attached hydrogens (tertiary/aromatic N) is 1. The third-order valence-electron chi connectivity index (χ3n) is 1.36. The number of primary sulfonamides is 1. The third kappa shape index (κ3) is 3.94. The Bertz CT molecular complexity index is 451. The highest BCUT2D eigenvalue weighted by Crippen LogP contribution is 2.12. The Morgan fingerprint density at radius 3 is 2.87 bits per heavy atom. The summed E-state index contributed by atoms with van der Waals surface area (Å²) in [6.07, 6.45) is 0. The van der Waals surface area contributed by atoms with E-state index in [9.17, 15) is 13.2 Å². The van der Waals surface area contributed by atoms with Gasteiger partial charge in [0.05, 0.1) is 6.61 Å². The van der Waals surface area contributed by atoms with E-state index in [0.717, 1.165) is 11.3 Å². The maximum absolute atomic E-state index is 11.2. The van der Waals surface area contributed by atoms with Crippen molar-refractivity contribution in [1.82, 2.24) is 4.98 Å². The van der Waals surface area contributed by atoms with Crippen molar-refractivity contribution in [1.29, 1.82) is 0 Å². The average molecular weight is 250 g/mol. The summed E-state index contributed by atoms with van der Waals surface area (Å²) >= 11 is 1.06. The van der Waals surface area contributed by atoms with Crippen LogP contribution in [-0.4, -0.2) is 26.0 Å². The van der Waals surface area contributed by atoms with E-state index in [1.807, 2.05) is 0 Å². The van der Waals surface area contributed by atoms with Crippen LogP contribution in [0.3, 0.4) is 0 Å². The number of hydrogen-bond acceptors (Lipinski definition) is 6. The molecule has 8 heteroatoms. The molecule has 0 unspecified atom stereocenters. The van der Waals surface area contributed by atoms with Gasteiger partial charge >= 0.3 is 5.97 Å². The smallest absolute Gasteiger partial charge is 0.357 e. The van der Waals surface area contributed by atoms with Gasteiger partial charge in [0.15, 0.2) is 5.69 Å². The number of rotatable bonds is 4. The second kappa shape index (κ2) is 4.69. The van der Waals surface area contributed by atoms with Crippen LogP contribution in [0.5, 0.6) is 0 Å². The monoisotopic (exact) mass is 250 g/mol. The number of carbonyl (C=O) groups excluding carboxylic acids is 1. The summed E-state index contributed by atoms with van der Waals surface area (Å²) in [5, 5.41) is 6.56. The number of sulfonamides is 1. The van der Waals surface area contributed by atoms with E-state index >= 15 is 0 Å². The molecule has 0 bridgehead atoms.